The van der Waals surface area contributed by atoms with E-state index in [1.165, 1.54) is 5.56 Å². The van der Waals surface area contributed by atoms with E-state index in [9.17, 15) is 4.79 Å². The van der Waals surface area contributed by atoms with E-state index in [4.69, 9.17) is 4.74 Å². The van der Waals surface area contributed by atoms with Crippen molar-refractivity contribution >= 4 is 12.0 Å². The van der Waals surface area contributed by atoms with Crippen LogP contribution in [0.1, 0.15) is 16.7 Å². The molecule has 0 N–H and O–H groups in total. The minimum absolute atomic E-state index is 0.00933. The average molecular weight is 293 g/mol. The lowest BCUT2D eigenvalue weighted by Gasteiger charge is -2.22. The molecule has 0 bridgehead atoms. The molecule has 1 aliphatic heterocycles. The Morgan fingerprint density at radius 1 is 1.14 bits per heavy atom. The Labute approximate surface area is 130 Å². The number of amides is 1. The lowest BCUT2D eigenvalue weighted by molar-refractivity contribution is -0.126. The molecule has 0 atom stereocenters. The van der Waals surface area contributed by atoms with Crippen molar-refractivity contribution in [2.24, 2.45) is 0 Å². The third-order valence-electron chi connectivity index (χ3n) is 3.79. The summed E-state index contributed by atoms with van der Waals surface area (Å²) in [6.07, 6.45) is 1.92. The molecule has 1 heterocycles. The van der Waals surface area contributed by atoms with Crippen molar-refractivity contribution in [3.05, 3.63) is 70.8 Å². The van der Waals surface area contributed by atoms with E-state index < -0.39 is 0 Å². The van der Waals surface area contributed by atoms with Crippen LogP contribution in [0.5, 0.6) is 5.75 Å². The van der Waals surface area contributed by atoms with Gasteiger partial charge in [-0.05, 0) is 24.6 Å². The minimum atomic E-state index is 0.00933. The molecular weight excluding hydrogens is 274 g/mol. The second-order valence-corrected chi connectivity index (χ2v) is 5.64. The molecule has 0 fully saturated rings. The molecule has 2 aromatic rings. The van der Waals surface area contributed by atoms with E-state index in [0.29, 0.717) is 18.7 Å². The minimum Gasteiger partial charge on any atom is -0.488 e. The standard InChI is InChI=1S/C19H19NO2/c1-14-7-9-15(10-8-14)12-20(2)19(21)17-11-16-5-3-4-6-18(16)22-13-17/h3-11H,12-13H2,1-2H3. The summed E-state index contributed by atoms with van der Waals surface area (Å²) in [7, 11) is 1.82. The average Bonchev–Trinajstić information content (AvgIpc) is 2.55. The molecule has 2 aromatic carbocycles. The number of rotatable bonds is 3. The van der Waals surface area contributed by atoms with Crippen LogP contribution in [0.4, 0.5) is 0 Å². The summed E-state index contributed by atoms with van der Waals surface area (Å²) in [4.78, 5) is 14.3. The van der Waals surface area contributed by atoms with Gasteiger partial charge in [-0.15, -0.1) is 0 Å². The van der Waals surface area contributed by atoms with Gasteiger partial charge in [0, 0.05) is 19.2 Å². The van der Waals surface area contributed by atoms with Crippen LogP contribution in [-0.2, 0) is 11.3 Å². The van der Waals surface area contributed by atoms with Gasteiger partial charge in [-0.2, -0.15) is 0 Å². The van der Waals surface area contributed by atoms with Gasteiger partial charge in [0.1, 0.15) is 12.4 Å². The monoisotopic (exact) mass is 293 g/mol. The normalized spacial score (nSPS) is 12.9. The molecule has 1 aliphatic rings. The summed E-state index contributed by atoms with van der Waals surface area (Å²) in [5, 5.41) is 0. The van der Waals surface area contributed by atoms with Crippen molar-refractivity contribution in [1.82, 2.24) is 4.90 Å². The Balaban J connectivity index is 1.74. The molecule has 0 spiro atoms. The SMILES string of the molecule is Cc1ccc(CN(C)C(=O)C2=Cc3ccccc3OC2)cc1. The van der Waals surface area contributed by atoms with Crippen molar-refractivity contribution in [3.8, 4) is 5.75 Å². The van der Waals surface area contributed by atoms with Crippen LogP contribution in [-0.4, -0.2) is 24.5 Å². The molecular formula is C19H19NO2. The fraction of sp³-hybridized carbons (Fsp3) is 0.211. The fourth-order valence-corrected chi connectivity index (χ4v) is 2.52. The number of fused-ring (bicyclic) bond motifs is 1. The molecule has 3 nitrogen and oxygen atoms in total. The van der Waals surface area contributed by atoms with Crippen LogP contribution < -0.4 is 4.74 Å². The molecule has 0 aromatic heterocycles. The van der Waals surface area contributed by atoms with Crippen LogP contribution in [0, 0.1) is 6.92 Å². The maximum atomic E-state index is 12.6. The Kier molecular flexibility index (Phi) is 3.96. The predicted octanol–water partition coefficient (Wildman–Crippen LogP) is 3.43. The van der Waals surface area contributed by atoms with Gasteiger partial charge in [0.25, 0.3) is 5.91 Å². The lowest BCUT2D eigenvalue weighted by Crippen LogP contribution is -2.30. The predicted molar refractivity (Wildman–Crippen MR) is 87.6 cm³/mol. The number of benzene rings is 2. The summed E-state index contributed by atoms with van der Waals surface area (Å²) in [5.41, 5.74) is 3.99. The van der Waals surface area contributed by atoms with Crippen molar-refractivity contribution < 1.29 is 9.53 Å². The number of para-hydroxylation sites is 1. The number of carbonyl (C=O) groups is 1. The Hall–Kier alpha value is -2.55. The summed E-state index contributed by atoms with van der Waals surface area (Å²) in [5.74, 6) is 0.843. The number of aryl methyl sites for hydroxylation is 1. The van der Waals surface area contributed by atoms with Crippen LogP contribution in [0.15, 0.2) is 54.1 Å². The van der Waals surface area contributed by atoms with Gasteiger partial charge >= 0.3 is 0 Å². The molecule has 0 saturated carbocycles. The number of hydrogen-bond acceptors (Lipinski definition) is 2. The van der Waals surface area contributed by atoms with Crippen molar-refractivity contribution in [2.45, 2.75) is 13.5 Å². The number of carbonyl (C=O) groups excluding carboxylic acids is 1. The zero-order valence-corrected chi connectivity index (χ0v) is 12.9. The highest BCUT2D eigenvalue weighted by molar-refractivity contribution is 5.99. The van der Waals surface area contributed by atoms with Gasteiger partial charge in [0.05, 0.1) is 5.57 Å². The van der Waals surface area contributed by atoms with E-state index in [2.05, 4.69) is 31.2 Å². The first kappa shape index (κ1) is 14.4. The molecule has 22 heavy (non-hydrogen) atoms. The van der Waals surface area contributed by atoms with Crippen molar-refractivity contribution in [2.75, 3.05) is 13.7 Å². The topological polar surface area (TPSA) is 29.5 Å². The van der Waals surface area contributed by atoms with Crippen LogP contribution >= 0.6 is 0 Å². The van der Waals surface area contributed by atoms with E-state index in [1.54, 1.807) is 4.90 Å². The molecule has 3 heteroatoms. The molecule has 1 amide bonds. The number of ether oxygens (including phenoxy) is 1. The molecule has 0 aliphatic carbocycles. The number of nitrogens with zero attached hydrogens (tertiary/aromatic N) is 1. The third kappa shape index (κ3) is 3.03. The van der Waals surface area contributed by atoms with E-state index in [0.717, 1.165) is 16.9 Å². The van der Waals surface area contributed by atoms with Crippen LogP contribution in [0.2, 0.25) is 0 Å². The van der Waals surface area contributed by atoms with Gasteiger partial charge in [-0.3, -0.25) is 4.79 Å². The zero-order chi connectivity index (χ0) is 15.5. The first-order chi connectivity index (χ1) is 10.6. The first-order valence-electron chi connectivity index (χ1n) is 7.37. The van der Waals surface area contributed by atoms with Gasteiger partial charge in [-0.25, -0.2) is 0 Å². The van der Waals surface area contributed by atoms with E-state index >= 15 is 0 Å². The zero-order valence-electron chi connectivity index (χ0n) is 12.9. The summed E-state index contributed by atoms with van der Waals surface area (Å²) >= 11 is 0. The molecule has 0 saturated heterocycles. The summed E-state index contributed by atoms with van der Waals surface area (Å²) in [6, 6.07) is 16.0. The van der Waals surface area contributed by atoms with Crippen LogP contribution in [0.3, 0.4) is 0 Å². The molecule has 0 unspecified atom stereocenters. The smallest absolute Gasteiger partial charge is 0.253 e. The first-order valence-corrected chi connectivity index (χ1v) is 7.37. The second kappa shape index (κ2) is 6.06. The van der Waals surface area contributed by atoms with E-state index in [-0.39, 0.29) is 5.91 Å². The van der Waals surface area contributed by atoms with Gasteiger partial charge in [0.15, 0.2) is 0 Å². The second-order valence-electron chi connectivity index (χ2n) is 5.64. The number of likely N-dealkylation sites (N-methyl/N-ethyl adjacent to an activating group) is 1. The highest BCUT2D eigenvalue weighted by Crippen LogP contribution is 2.26. The highest BCUT2D eigenvalue weighted by Gasteiger charge is 2.20. The van der Waals surface area contributed by atoms with E-state index in [1.807, 2.05) is 37.4 Å². The Bertz CT molecular complexity index is 716. The van der Waals surface area contributed by atoms with Crippen molar-refractivity contribution in [1.29, 1.82) is 0 Å². The maximum Gasteiger partial charge on any atom is 0.253 e. The quantitative estimate of drug-likeness (QED) is 0.867. The lowest BCUT2D eigenvalue weighted by atomic mass is 10.1. The molecule has 0 radical (unpaired) electrons. The highest BCUT2D eigenvalue weighted by atomic mass is 16.5. The maximum absolute atomic E-state index is 12.6. The number of hydrogen-bond donors (Lipinski definition) is 0. The molecule has 3 rings (SSSR count). The largest absolute Gasteiger partial charge is 0.488 e. The fourth-order valence-electron chi connectivity index (χ4n) is 2.52. The van der Waals surface area contributed by atoms with Crippen molar-refractivity contribution in [3.63, 3.8) is 0 Å². The Morgan fingerprint density at radius 3 is 2.64 bits per heavy atom. The Morgan fingerprint density at radius 2 is 1.86 bits per heavy atom. The summed E-state index contributed by atoms with van der Waals surface area (Å²) in [6.45, 7) is 2.98. The molecule has 112 valence electrons. The van der Waals surface area contributed by atoms with Crippen LogP contribution in [0.25, 0.3) is 6.08 Å². The van der Waals surface area contributed by atoms with Gasteiger partial charge in [0.2, 0.25) is 0 Å². The van der Waals surface area contributed by atoms with Gasteiger partial charge < -0.3 is 9.64 Å². The third-order valence-corrected chi connectivity index (χ3v) is 3.79. The summed E-state index contributed by atoms with van der Waals surface area (Å²) < 4.78 is 5.66. The van der Waals surface area contributed by atoms with Gasteiger partial charge in [-0.1, -0.05) is 48.0 Å².